The molecule has 0 saturated carbocycles. The van der Waals surface area contributed by atoms with Crippen LogP contribution in [0.1, 0.15) is 5.56 Å². The van der Waals surface area contributed by atoms with Crippen LogP contribution in [0.3, 0.4) is 0 Å². The molecule has 0 saturated heterocycles. The van der Waals surface area contributed by atoms with Crippen LogP contribution >= 0.6 is 34.5 Å². The van der Waals surface area contributed by atoms with Crippen LogP contribution in [0.15, 0.2) is 35.2 Å². The van der Waals surface area contributed by atoms with Gasteiger partial charge in [-0.2, -0.15) is 5.26 Å². The number of thiophene rings is 1. The number of anilines is 1. The zero-order valence-electron chi connectivity index (χ0n) is 10.2. The van der Waals surface area contributed by atoms with Gasteiger partial charge in [0.1, 0.15) is 15.3 Å². The van der Waals surface area contributed by atoms with E-state index in [2.05, 4.69) is 0 Å². The molecule has 0 N–H and O–H groups in total. The molecule has 0 aliphatic heterocycles. The Morgan fingerprint density at radius 2 is 1.95 bits per heavy atom. The molecule has 0 aliphatic rings. The van der Waals surface area contributed by atoms with Gasteiger partial charge in [0, 0.05) is 7.05 Å². The molecule has 1 aromatic heterocycles. The smallest absolute Gasteiger partial charge is 0.266 e. The van der Waals surface area contributed by atoms with Gasteiger partial charge in [0.05, 0.1) is 15.6 Å². The second kappa shape index (κ2) is 5.62. The number of nitriles is 1. The number of hydrogen-bond donors (Lipinski definition) is 0. The average Bonchev–Trinajstić information content (AvgIpc) is 2.77. The van der Waals surface area contributed by atoms with Gasteiger partial charge >= 0.3 is 0 Å². The second-order valence-electron chi connectivity index (χ2n) is 3.79. The standard InChI is InChI=1S/C12H8Cl2N2O2S2/c1-16(9-5-3-2-4-8(9)7-15)20(17,18)10-6-11(13)19-12(10)14/h2-6H,1H3. The third-order valence-corrected chi connectivity index (χ3v) is 6.15. The monoisotopic (exact) mass is 346 g/mol. The Kier molecular flexibility index (Phi) is 4.25. The lowest BCUT2D eigenvalue weighted by molar-refractivity contribution is 0.595. The van der Waals surface area contributed by atoms with Crippen molar-refractivity contribution in [2.24, 2.45) is 0 Å². The Morgan fingerprint density at radius 3 is 2.50 bits per heavy atom. The van der Waals surface area contributed by atoms with Gasteiger partial charge in [0.2, 0.25) is 0 Å². The number of hydrogen-bond acceptors (Lipinski definition) is 4. The second-order valence-corrected chi connectivity index (χ2v) is 8.01. The molecule has 20 heavy (non-hydrogen) atoms. The first-order chi connectivity index (χ1) is 9.37. The predicted octanol–water partition coefficient (Wildman–Crippen LogP) is 3.75. The van der Waals surface area contributed by atoms with Gasteiger partial charge in [-0.1, -0.05) is 35.3 Å². The minimum atomic E-state index is -3.86. The number of para-hydroxylation sites is 1. The summed E-state index contributed by atoms with van der Waals surface area (Å²) >= 11 is 12.7. The maximum Gasteiger partial charge on any atom is 0.266 e. The summed E-state index contributed by atoms with van der Waals surface area (Å²) in [5, 5.41) is 9.05. The summed E-state index contributed by atoms with van der Waals surface area (Å²) in [5.41, 5.74) is 0.546. The first-order valence-electron chi connectivity index (χ1n) is 5.31. The molecule has 0 radical (unpaired) electrons. The van der Waals surface area contributed by atoms with Crippen molar-refractivity contribution in [3.63, 3.8) is 0 Å². The van der Waals surface area contributed by atoms with E-state index in [0.29, 0.717) is 0 Å². The van der Waals surface area contributed by atoms with E-state index in [1.54, 1.807) is 24.3 Å². The van der Waals surface area contributed by atoms with Gasteiger partial charge in [-0.15, -0.1) is 11.3 Å². The lowest BCUT2D eigenvalue weighted by Crippen LogP contribution is -2.27. The number of nitrogens with zero attached hydrogens (tertiary/aromatic N) is 2. The molecular formula is C12H8Cl2N2O2S2. The normalized spacial score (nSPS) is 11.1. The van der Waals surface area contributed by atoms with E-state index in [9.17, 15) is 8.42 Å². The summed E-state index contributed by atoms with van der Waals surface area (Å²) in [4.78, 5) is -0.0654. The Morgan fingerprint density at radius 1 is 1.30 bits per heavy atom. The minimum Gasteiger partial charge on any atom is -0.268 e. The molecule has 2 aromatic rings. The van der Waals surface area contributed by atoms with Gasteiger partial charge in [0.25, 0.3) is 10.0 Å². The Hall–Kier alpha value is -1.26. The molecule has 0 spiro atoms. The zero-order chi connectivity index (χ0) is 14.9. The van der Waals surface area contributed by atoms with E-state index in [-0.39, 0.29) is 24.8 Å². The van der Waals surface area contributed by atoms with Crippen molar-refractivity contribution in [1.82, 2.24) is 0 Å². The van der Waals surface area contributed by atoms with E-state index in [1.807, 2.05) is 6.07 Å². The number of benzene rings is 1. The van der Waals surface area contributed by atoms with Crippen LogP contribution in [0.4, 0.5) is 5.69 Å². The highest BCUT2D eigenvalue weighted by molar-refractivity contribution is 7.93. The minimum absolute atomic E-state index is 0.0654. The number of halogens is 2. The fourth-order valence-electron chi connectivity index (χ4n) is 1.62. The molecule has 2 rings (SSSR count). The quantitative estimate of drug-likeness (QED) is 0.849. The Balaban J connectivity index is 2.55. The number of rotatable bonds is 3. The third-order valence-electron chi connectivity index (χ3n) is 2.63. The summed E-state index contributed by atoms with van der Waals surface area (Å²) in [6, 6.07) is 9.68. The van der Waals surface area contributed by atoms with E-state index >= 15 is 0 Å². The molecule has 1 aromatic carbocycles. The van der Waals surface area contributed by atoms with Crippen molar-refractivity contribution in [3.05, 3.63) is 44.6 Å². The average molecular weight is 347 g/mol. The fraction of sp³-hybridized carbons (Fsp3) is 0.0833. The molecular weight excluding hydrogens is 339 g/mol. The molecule has 0 fully saturated rings. The van der Waals surface area contributed by atoms with Gasteiger partial charge in [-0.3, -0.25) is 4.31 Å². The van der Waals surface area contributed by atoms with Crippen molar-refractivity contribution in [3.8, 4) is 6.07 Å². The van der Waals surface area contributed by atoms with E-state index < -0.39 is 10.0 Å². The highest BCUT2D eigenvalue weighted by Crippen LogP contribution is 2.37. The Labute approximate surface area is 130 Å². The lowest BCUT2D eigenvalue weighted by atomic mass is 10.2. The van der Waals surface area contributed by atoms with Crippen LogP contribution in [0, 0.1) is 11.3 Å². The summed E-state index contributed by atoms with van der Waals surface area (Å²) in [7, 11) is -2.49. The van der Waals surface area contributed by atoms with Crippen LogP contribution in [0.5, 0.6) is 0 Å². The van der Waals surface area contributed by atoms with E-state index in [0.717, 1.165) is 15.6 Å². The van der Waals surface area contributed by atoms with Crippen molar-refractivity contribution >= 4 is 50.2 Å². The maximum absolute atomic E-state index is 12.5. The van der Waals surface area contributed by atoms with Crippen LogP contribution < -0.4 is 4.31 Å². The first-order valence-corrected chi connectivity index (χ1v) is 8.32. The molecule has 0 amide bonds. The van der Waals surface area contributed by atoms with Gasteiger partial charge in [-0.25, -0.2) is 8.42 Å². The maximum atomic E-state index is 12.5. The van der Waals surface area contributed by atoms with E-state index in [1.165, 1.54) is 13.1 Å². The molecule has 0 atom stereocenters. The molecule has 0 unspecified atom stereocenters. The molecule has 8 heteroatoms. The fourth-order valence-corrected chi connectivity index (χ4v) is 4.95. The summed E-state index contributed by atoms with van der Waals surface area (Å²) < 4.78 is 26.4. The van der Waals surface area contributed by atoms with Crippen molar-refractivity contribution in [2.75, 3.05) is 11.4 Å². The highest BCUT2D eigenvalue weighted by atomic mass is 35.5. The predicted molar refractivity (Wildman–Crippen MR) is 81.1 cm³/mol. The van der Waals surface area contributed by atoms with Crippen LogP contribution in [-0.4, -0.2) is 15.5 Å². The number of sulfonamides is 1. The van der Waals surface area contributed by atoms with Gasteiger partial charge in [0.15, 0.2) is 0 Å². The van der Waals surface area contributed by atoms with Crippen LogP contribution in [-0.2, 0) is 10.0 Å². The third kappa shape index (κ3) is 2.63. The largest absolute Gasteiger partial charge is 0.268 e. The summed E-state index contributed by atoms with van der Waals surface area (Å²) in [5.74, 6) is 0. The topological polar surface area (TPSA) is 61.2 Å². The SMILES string of the molecule is CN(c1ccccc1C#N)S(=O)(=O)c1cc(Cl)sc1Cl. The Bertz CT molecular complexity index is 794. The van der Waals surface area contributed by atoms with Crippen LogP contribution in [0.2, 0.25) is 8.67 Å². The van der Waals surface area contributed by atoms with Gasteiger partial charge in [-0.05, 0) is 18.2 Å². The molecule has 104 valence electrons. The van der Waals surface area contributed by atoms with Gasteiger partial charge < -0.3 is 0 Å². The van der Waals surface area contributed by atoms with Crippen LogP contribution in [0.25, 0.3) is 0 Å². The first kappa shape index (κ1) is 15.1. The molecule has 4 nitrogen and oxygen atoms in total. The van der Waals surface area contributed by atoms with Crippen molar-refractivity contribution < 1.29 is 8.42 Å². The van der Waals surface area contributed by atoms with Crippen molar-refractivity contribution in [1.29, 1.82) is 5.26 Å². The van der Waals surface area contributed by atoms with Crippen molar-refractivity contribution in [2.45, 2.75) is 4.90 Å². The lowest BCUT2D eigenvalue weighted by Gasteiger charge is -2.19. The summed E-state index contributed by atoms with van der Waals surface area (Å²) in [6.45, 7) is 0. The highest BCUT2D eigenvalue weighted by Gasteiger charge is 2.27. The molecule has 0 aliphatic carbocycles. The zero-order valence-corrected chi connectivity index (χ0v) is 13.3. The molecule has 0 bridgehead atoms. The molecule has 1 heterocycles. The summed E-state index contributed by atoms with van der Waals surface area (Å²) in [6.07, 6.45) is 0. The van der Waals surface area contributed by atoms with E-state index in [4.69, 9.17) is 28.5 Å².